The van der Waals surface area contributed by atoms with E-state index >= 15 is 0 Å². The minimum atomic E-state index is -0.105. The van der Waals surface area contributed by atoms with Crippen molar-refractivity contribution in [2.75, 3.05) is 0 Å². The third-order valence-electron chi connectivity index (χ3n) is 3.05. The number of benzene rings is 2. The molecule has 0 saturated carbocycles. The maximum Gasteiger partial charge on any atom is 0.196 e. The molecule has 3 aromatic rings. The molecule has 0 saturated heterocycles. The number of nitrogens with zero attached hydrogens (tertiary/aromatic N) is 2. The third kappa shape index (κ3) is 2.91. The molecule has 0 N–H and O–H groups in total. The summed E-state index contributed by atoms with van der Waals surface area (Å²) in [5.74, 6) is -0.105. The fourth-order valence-electron chi connectivity index (χ4n) is 1.97. The SMILES string of the molecule is O=C(c1ccc(Br)c(Cl)c1)c1cnn(-c2ccccc2)c1. The zero-order valence-corrected chi connectivity index (χ0v) is 13.2. The predicted octanol–water partition coefficient (Wildman–Crippen LogP) is 4.52. The molecule has 0 spiro atoms. The van der Waals surface area contributed by atoms with Crippen LogP contribution < -0.4 is 0 Å². The van der Waals surface area contributed by atoms with Crippen LogP contribution in [0.25, 0.3) is 5.69 Å². The molecule has 0 atom stereocenters. The number of ketones is 1. The van der Waals surface area contributed by atoms with E-state index in [1.165, 1.54) is 0 Å². The maximum atomic E-state index is 12.4. The van der Waals surface area contributed by atoms with Crippen LogP contribution in [0.15, 0.2) is 65.4 Å². The van der Waals surface area contributed by atoms with Crippen molar-refractivity contribution in [3.05, 3.63) is 81.5 Å². The van der Waals surface area contributed by atoms with Crippen LogP contribution >= 0.6 is 27.5 Å². The molecule has 0 unspecified atom stereocenters. The molecule has 0 radical (unpaired) electrons. The number of carbonyl (C=O) groups is 1. The van der Waals surface area contributed by atoms with Crippen molar-refractivity contribution in [1.29, 1.82) is 0 Å². The number of hydrogen-bond acceptors (Lipinski definition) is 2. The summed E-state index contributed by atoms with van der Waals surface area (Å²) in [6.45, 7) is 0. The summed E-state index contributed by atoms with van der Waals surface area (Å²) in [5.41, 5.74) is 1.97. The first-order chi connectivity index (χ1) is 10.1. The van der Waals surface area contributed by atoms with Crippen molar-refractivity contribution in [3.8, 4) is 5.69 Å². The summed E-state index contributed by atoms with van der Waals surface area (Å²) < 4.78 is 2.44. The van der Waals surface area contributed by atoms with Gasteiger partial charge in [0.2, 0.25) is 0 Å². The molecule has 0 amide bonds. The first-order valence-corrected chi connectivity index (χ1v) is 7.42. The van der Waals surface area contributed by atoms with E-state index in [9.17, 15) is 4.79 Å². The molecule has 3 nitrogen and oxygen atoms in total. The molecule has 1 heterocycles. The van der Waals surface area contributed by atoms with Crippen LogP contribution in [-0.4, -0.2) is 15.6 Å². The number of rotatable bonds is 3. The van der Waals surface area contributed by atoms with Crippen LogP contribution in [0.2, 0.25) is 5.02 Å². The normalized spacial score (nSPS) is 10.6. The van der Waals surface area contributed by atoms with Gasteiger partial charge in [0.25, 0.3) is 0 Å². The Hall–Kier alpha value is -1.91. The molecule has 3 rings (SSSR count). The van der Waals surface area contributed by atoms with Crippen molar-refractivity contribution in [3.63, 3.8) is 0 Å². The first kappa shape index (κ1) is 14.0. The lowest BCUT2D eigenvalue weighted by Gasteiger charge is -2.01. The molecular formula is C16H10BrClN2O. The minimum absolute atomic E-state index is 0.105. The highest BCUT2D eigenvalue weighted by Crippen LogP contribution is 2.24. The molecule has 104 valence electrons. The molecular weight excluding hydrogens is 352 g/mol. The van der Waals surface area contributed by atoms with Crippen LogP contribution in [0.3, 0.4) is 0 Å². The van der Waals surface area contributed by atoms with Crippen molar-refractivity contribution in [2.45, 2.75) is 0 Å². The molecule has 0 aliphatic rings. The topological polar surface area (TPSA) is 34.9 Å². The van der Waals surface area contributed by atoms with Crippen molar-refractivity contribution in [2.24, 2.45) is 0 Å². The second kappa shape index (κ2) is 5.84. The first-order valence-electron chi connectivity index (χ1n) is 6.25. The van der Waals surface area contributed by atoms with E-state index in [1.807, 2.05) is 30.3 Å². The monoisotopic (exact) mass is 360 g/mol. The molecule has 0 aliphatic heterocycles. The highest BCUT2D eigenvalue weighted by atomic mass is 79.9. The average molecular weight is 362 g/mol. The van der Waals surface area contributed by atoms with Crippen LogP contribution in [0.1, 0.15) is 15.9 Å². The van der Waals surface area contributed by atoms with Gasteiger partial charge in [0.1, 0.15) is 0 Å². The summed E-state index contributed by atoms with van der Waals surface area (Å²) in [6.07, 6.45) is 3.28. The Bertz CT molecular complexity index is 799. The van der Waals surface area contributed by atoms with Crippen molar-refractivity contribution >= 4 is 33.3 Å². The van der Waals surface area contributed by atoms with Gasteiger partial charge in [-0.1, -0.05) is 29.8 Å². The second-order valence-electron chi connectivity index (χ2n) is 4.47. The van der Waals surface area contributed by atoms with Crippen LogP contribution in [0.5, 0.6) is 0 Å². The van der Waals surface area contributed by atoms with Gasteiger partial charge in [-0.15, -0.1) is 0 Å². The quantitative estimate of drug-likeness (QED) is 0.643. The largest absolute Gasteiger partial charge is 0.288 e. The summed E-state index contributed by atoms with van der Waals surface area (Å²) >= 11 is 9.34. The number of para-hydroxylation sites is 1. The molecule has 2 aromatic carbocycles. The van der Waals surface area contributed by atoms with Gasteiger partial charge >= 0.3 is 0 Å². The summed E-state index contributed by atoms with van der Waals surface area (Å²) in [4.78, 5) is 12.4. The maximum absolute atomic E-state index is 12.4. The predicted molar refractivity (Wildman–Crippen MR) is 86.1 cm³/mol. The number of halogens is 2. The lowest BCUT2D eigenvalue weighted by Crippen LogP contribution is -2.00. The van der Waals surface area contributed by atoms with Gasteiger partial charge in [0.15, 0.2) is 5.78 Å². The molecule has 1 aromatic heterocycles. The molecule has 0 aliphatic carbocycles. The van der Waals surface area contributed by atoms with Gasteiger partial charge in [-0.25, -0.2) is 4.68 Å². The van der Waals surface area contributed by atoms with E-state index in [1.54, 1.807) is 35.3 Å². The fourth-order valence-corrected chi connectivity index (χ4v) is 2.39. The Morgan fingerprint density at radius 2 is 1.86 bits per heavy atom. The van der Waals surface area contributed by atoms with Crippen LogP contribution in [0, 0.1) is 0 Å². The van der Waals surface area contributed by atoms with Crippen LogP contribution in [0.4, 0.5) is 0 Å². The smallest absolute Gasteiger partial charge is 0.196 e. The van der Waals surface area contributed by atoms with Gasteiger partial charge in [-0.2, -0.15) is 5.10 Å². The van der Waals surface area contributed by atoms with E-state index in [2.05, 4.69) is 21.0 Å². The molecule has 21 heavy (non-hydrogen) atoms. The Kier molecular flexibility index (Phi) is 3.90. The van der Waals surface area contributed by atoms with Crippen LogP contribution in [-0.2, 0) is 0 Å². The number of hydrogen-bond donors (Lipinski definition) is 0. The van der Waals surface area contributed by atoms with E-state index < -0.39 is 0 Å². The lowest BCUT2D eigenvalue weighted by molar-refractivity contribution is 0.103. The summed E-state index contributed by atoms with van der Waals surface area (Å²) in [5, 5.41) is 4.74. The van der Waals surface area contributed by atoms with Crippen molar-refractivity contribution < 1.29 is 4.79 Å². The number of aromatic nitrogens is 2. The minimum Gasteiger partial charge on any atom is -0.288 e. The summed E-state index contributed by atoms with van der Waals surface area (Å²) in [7, 11) is 0. The van der Waals surface area contributed by atoms with E-state index in [0.717, 1.165) is 10.2 Å². The van der Waals surface area contributed by atoms with Crippen molar-refractivity contribution in [1.82, 2.24) is 9.78 Å². The molecule has 0 bridgehead atoms. The zero-order chi connectivity index (χ0) is 14.8. The Morgan fingerprint density at radius 3 is 2.57 bits per heavy atom. The molecule has 0 fully saturated rings. The second-order valence-corrected chi connectivity index (χ2v) is 5.73. The summed E-state index contributed by atoms with van der Waals surface area (Å²) in [6, 6.07) is 14.8. The fraction of sp³-hybridized carbons (Fsp3) is 0. The van der Waals surface area contributed by atoms with Gasteiger partial charge in [-0.05, 0) is 46.3 Å². The Balaban J connectivity index is 1.92. The highest BCUT2D eigenvalue weighted by Gasteiger charge is 2.13. The zero-order valence-electron chi connectivity index (χ0n) is 10.8. The van der Waals surface area contributed by atoms with E-state index in [0.29, 0.717) is 16.1 Å². The standard InChI is InChI=1S/C16H10BrClN2O/c17-14-7-6-11(8-15(14)18)16(21)12-9-19-20(10-12)13-4-2-1-3-5-13/h1-10H. The van der Waals surface area contributed by atoms with E-state index in [4.69, 9.17) is 11.6 Å². The van der Waals surface area contributed by atoms with Gasteiger partial charge < -0.3 is 0 Å². The average Bonchev–Trinajstić information content (AvgIpc) is 3.00. The molecule has 5 heteroatoms. The Labute approximate surface area is 135 Å². The van der Waals surface area contributed by atoms with Gasteiger partial charge in [0.05, 0.1) is 22.5 Å². The van der Waals surface area contributed by atoms with Gasteiger partial charge in [-0.3, -0.25) is 4.79 Å². The highest BCUT2D eigenvalue weighted by molar-refractivity contribution is 9.10. The third-order valence-corrected chi connectivity index (χ3v) is 4.28. The number of carbonyl (C=O) groups excluding carboxylic acids is 1. The lowest BCUT2D eigenvalue weighted by atomic mass is 10.1. The van der Waals surface area contributed by atoms with Gasteiger partial charge in [0, 0.05) is 16.2 Å². The van der Waals surface area contributed by atoms with E-state index in [-0.39, 0.29) is 5.78 Å². The Morgan fingerprint density at radius 1 is 1.10 bits per heavy atom.